The SMILES string of the molecule is [2H]c1c([2H])c([2H])c2c(oc3c4c(ccc32)B2c3cc5c(cc3Sc3cc(-c6ccccc6C#N)cc(c32)S4)[se]c2ccccc25)c1[2H]. The second-order valence-electron chi connectivity index (χ2n) is 10.8. The number of hydrogen-bond donors (Lipinski definition) is 0. The second kappa shape index (κ2) is 8.96. The Labute approximate surface area is 267 Å². The summed E-state index contributed by atoms with van der Waals surface area (Å²) in [5, 5.41) is 13.7. The molecule has 2 nitrogen and oxygen atoms in total. The molecular formula is C37H18BNOS2Se. The Bertz CT molecular complexity index is 2790. The summed E-state index contributed by atoms with van der Waals surface area (Å²) in [5.74, 6) is 0. The number of fused-ring (bicyclic) bond motifs is 11. The van der Waals surface area contributed by atoms with E-state index in [1.165, 1.54) is 40.0 Å². The van der Waals surface area contributed by atoms with Crippen molar-refractivity contribution in [1.82, 2.24) is 0 Å². The summed E-state index contributed by atoms with van der Waals surface area (Å²) in [6.45, 7) is -0.0691. The van der Waals surface area contributed by atoms with Crippen LogP contribution in [0.2, 0.25) is 0 Å². The number of furan rings is 1. The third-order valence-electron chi connectivity index (χ3n) is 8.58. The molecule has 198 valence electrons. The number of rotatable bonds is 1. The standard InChI is InChI=1S/C37H18BNOS2Se/c39-19-20-7-1-2-8-22(20)21-15-31-35-32(16-21)42-37-27(14-13-25-23-9-3-5-11-29(23)40-36(25)37)38(35)28-17-26-24-10-4-6-12-33(24)43-34(26)18-30(28)41-31/h1-18H/i3D,5D,9D,11D. The third-order valence-corrected chi connectivity index (χ3v) is 13.3. The Hall–Kier alpha value is -4.11. The average molecular weight is 650 g/mol. The Balaban J connectivity index is 1.30. The fourth-order valence-electron chi connectivity index (χ4n) is 6.71. The van der Waals surface area contributed by atoms with E-state index in [9.17, 15) is 5.26 Å². The van der Waals surface area contributed by atoms with Crippen LogP contribution in [0.1, 0.15) is 11.0 Å². The molecule has 0 bridgehead atoms. The van der Waals surface area contributed by atoms with E-state index in [0.29, 0.717) is 21.9 Å². The van der Waals surface area contributed by atoms with Gasteiger partial charge in [0.1, 0.15) is 0 Å². The molecule has 0 N–H and O–H groups in total. The van der Waals surface area contributed by atoms with E-state index in [4.69, 9.17) is 9.90 Å². The molecule has 6 heteroatoms. The van der Waals surface area contributed by atoms with Crippen LogP contribution < -0.4 is 16.4 Å². The minimum absolute atomic E-state index is 0.0691. The van der Waals surface area contributed by atoms with Crippen molar-refractivity contribution in [1.29, 1.82) is 5.26 Å². The molecule has 0 amide bonds. The van der Waals surface area contributed by atoms with Crippen LogP contribution in [0.25, 0.3) is 52.4 Å². The van der Waals surface area contributed by atoms with Gasteiger partial charge in [-0.05, 0) is 0 Å². The van der Waals surface area contributed by atoms with Crippen LogP contribution in [0.3, 0.4) is 0 Å². The molecule has 2 aliphatic heterocycles. The predicted octanol–water partition coefficient (Wildman–Crippen LogP) is 7.93. The first kappa shape index (κ1) is 20.7. The number of benzene rings is 6. The van der Waals surface area contributed by atoms with Crippen molar-refractivity contribution in [2.75, 3.05) is 0 Å². The molecule has 0 atom stereocenters. The molecule has 6 aromatic carbocycles. The zero-order chi connectivity index (χ0) is 31.7. The first-order valence-corrected chi connectivity index (χ1v) is 17.2. The second-order valence-corrected chi connectivity index (χ2v) is 15.2. The summed E-state index contributed by atoms with van der Waals surface area (Å²) >= 11 is 3.66. The maximum atomic E-state index is 9.97. The molecule has 0 aliphatic carbocycles. The molecule has 0 saturated heterocycles. The van der Waals surface area contributed by atoms with E-state index in [-0.39, 0.29) is 51.0 Å². The van der Waals surface area contributed by atoms with Gasteiger partial charge in [0.25, 0.3) is 0 Å². The Morgan fingerprint density at radius 1 is 0.744 bits per heavy atom. The molecule has 0 fully saturated rings. The van der Waals surface area contributed by atoms with Crippen molar-refractivity contribution in [2.45, 2.75) is 19.6 Å². The van der Waals surface area contributed by atoms with Gasteiger partial charge in [-0.3, -0.25) is 0 Å². The van der Waals surface area contributed by atoms with Crippen LogP contribution >= 0.6 is 23.5 Å². The quantitative estimate of drug-likeness (QED) is 0.169. The zero-order valence-corrected chi connectivity index (χ0v) is 25.6. The Morgan fingerprint density at radius 2 is 1.58 bits per heavy atom. The average Bonchev–Trinajstić information content (AvgIpc) is 3.67. The monoisotopic (exact) mass is 651 g/mol. The van der Waals surface area contributed by atoms with Crippen molar-refractivity contribution in [2.24, 2.45) is 0 Å². The summed E-state index contributed by atoms with van der Waals surface area (Å²) in [6, 6.07) is 31.3. The van der Waals surface area contributed by atoms with Gasteiger partial charge in [0.15, 0.2) is 0 Å². The molecule has 0 unspecified atom stereocenters. The van der Waals surface area contributed by atoms with E-state index < -0.39 is 0 Å². The van der Waals surface area contributed by atoms with E-state index in [0.717, 1.165) is 26.4 Å². The van der Waals surface area contributed by atoms with Gasteiger partial charge in [0, 0.05) is 0 Å². The zero-order valence-electron chi connectivity index (χ0n) is 26.2. The fraction of sp³-hybridized carbons (Fsp3) is 0. The van der Waals surface area contributed by atoms with Crippen LogP contribution in [-0.4, -0.2) is 21.2 Å². The number of para-hydroxylation sites is 1. The summed E-state index contributed by atoms with van der Waals surface area (Å²) < 4.78 is 43.1. The predicted molar refractivity (Wildman–Crippen MR) is 182 cm³/mol. The van der Waals surface area contributed by atoms with E-state index in [2.05, 4.69) is 60.7 Å². The molecule has 43 heavy (non-hydrogen) atoms. The van der Waals surface area contributed by atoms with Crippen molar-refractivity contribution in [3.63, 3.8) is 0 Å². The number of nitriles is 1. The topological polar surface area (TPSA) is 36.9 Å². The molecule has 8 aromatic rings. The van der Waals surface area contributed by atoms with Crippen LogP contribution in [0, 0.1) is 11.3 Å². The van der Waals surface area contributed by atoms with Crippen molar-refractivity contribution < 1.29 is 9.90 Å². The van der Waals surface area contributed by atoms with Crippen LogP contribution in [-0.2, 0) is 0 Å². The van der Waals surface area contributed by atoms with Gasteiger partial charge in [-0.25, -0.2) is 0 Å². The van der Waals surface area contributed by atoms with Crippen molar-refractivity contribution in [3.05, 3.63) is 115 Å². The summed E-state index contributed by atoms with van der Waals surface area (Å²) in [6.07, 6.45) is 0. The van der Waals surface area contributed by atoms with Gasteiger partial charge in [-0.2, -0.15) is 0 Å². The van der Waals surface area contributed by atoms with Gasteiger partial charge in [0.2, 0.25) is 0 Å². The van der Waals surface area contributed by atoms with E-state index >= 15 is 0 Å². The number of nitrogens with zero attached hydrogens (tertiary/aromatic N) is 1. The summed E-state index contributed by atoms with van der Waals surface area (Å²) in [4.78, 5) is 4.41. The first-order valence-electron chi connectivity index (χ1n) is 15.8. The molecule has 0 spiro atoms. The van der Waals surface area contributed by atoms with Crippen LogP contribution in [0.15, 0.2) is 133 Å². The fourth-order valence-corrected chi connectivity index (χ4v) is 11.8. The van der Waals surface area contributed by atoms with Crippen LogP contribution in [0.5, 0.6) is 0 Å². The summed E-state index contributed by atoms with van der Waals surface area (Å²) in [5.41, 5.74) is 6.86. The minimum atomic E-state index is -0.298. The van der Waals surface area contributed by atoms with Crippen molar-refractivity contribution >= 4 is 102 Å². The van der Waals surface area contributed by atoms with Crippen molar-refractivity contribution in [3.8, 4) is 17.2 Å². The van der Waals surface area contributed by atoms with Gasteiger partial charge < -0.3 is 0 Å². The molecule has 10 rings (SSSR count). The number of hydrogen-bond acceptors (Lipinski definition) is 4. The molecule has 0 radical (unpaired) electrons. The molecule has 2 aliphatic rings. The third kappa shape index (κ3) is 3.40. The first-order chi connectivity index (χ1) is 22.9. The molecule has 4 heterocycles. The Kier molecular flexibility index (Phi) is 4.32. The van der Waals surface area contributed by atoms with E-state index in [1.807, 2.05) is 30.3 Å². The van der Waals surface area contributed by atoms with Gasteiger partial charge >= 0.3 is 266 Å². The maximum absolute atomic E-state index is 9.97. The molecule has 2 aromatic heterocycles. The van der Waals surface area contributed by atoms with Gasteiger partial charge in [-0.1, -0.05) is 0 Å². The normalized spacial score (nSPS) is 14.6. The van der Waals surface area contributed by atoms with E-state index in [1.54, 1.807) is 23.5 Å². The van der Waals surface area contributed by atoms with Gasteiger partial charge in [0.05, 0.1) is 2.74 Å². The molecular weight excluding hydrogens is 628 g/mol. The Morgan fingerprint density at radius 3 is 2.51 bits per heavy atom. The summed E-state index contributed by atoms with van der Waals surface area (Å²) in [7, 11) is 0. The molecule has 0 saturated carbocycles. The van der Waals surface area contributed by atoms with Gasteiger partial charge in [-0.15, -0.1) is 0 Å². The van der Waals surface area contributed by atoms with Crippen LogP contribution in [0.4, 0.5) is 0 Å².